The van der Waals surface area contributed by atoms with Gasteiger partial charge < -0.3 is 9.64 Å². The normalized spacial score (nSPS) is 22.0. The zero-order valence-corrected chi connectivity index (χ0v) is 14.7. The number of H-pyrrole nitrogens is 1. The molecule has 0 spiro atoms. The molecule has 2 fully saturated rings. The van der Waals surface area contributed by atoms with E-state index in [4.69, 9.17) is 4.74 Å². The molecular formula is C15H24N4O4S. The number of rotatable bonds is 4. The second-order valence-electron chi connectivity index (χ2n) is 6.46. The predicted octanol–water partition coefficient (Wildman–Crippen LogP) is 0.455. The molecule has 9 heteroatoms. The summed E-state index contributed by atoms with van der Waals surface area (Å²) in [4.78, 5) is 14.1. The van der Waals surface area contributed by atoms with Crippen LogP contribution in [0.1, 0.15) is 36.2 Å². The minimum absolute atomic E-state index is 0.0209. The van der Waals surface area contributed by atoms with Gasteiger partial charge in [0, 0.05) is 32.4 Å². The first-order valence-electron chi connectivity index (χ1n) is 8.33. The molecule has 1 amide bonds. The Bertz CT molecular complexity index is 645. The number of ether oxygens (including phenoxy) is 1. The zero-order valence-electron chi connectivity index (χ0n) is 13.8. The molecule has 1 aromatic rings. The summed E-state index contributed by atoms with van der Waals surface area (Å²) in [7, 11) is -3.10. The van der Waals surface area contributed by atoms with Crippen LogP contribution < -0.4 is 0 Å². The van der Waals surface area contributed by atoms with Crippen LogP contribution in [0.5, 0.6) is 0 Å². The van der Waals surface area contributed by atoms with Gasteiger partial charge in [-0.1, -0.05) is 0 Å². The molecule has 2 aliphatic rings. The maximum atomic E-state index is 12.2. The maximum Gasteiger partial charge on any atom is 0.271 e. The third-order valence-electron chi connectivity index (χ3n) is 4.72. The quantitative estimate of drug-likeness (QED) is 0.845. The fraction of sp³-hybridized carbons (Fsp3) is 0.733. The molecule has 1 aromatic heterocycles. The Kier molecular flexibility index (Phi) is 5.21. The Balaban J connectivity index is 1.42. The van der Waals surface area contributed by atoms with Crippen LogP contribution in [-0.4, -0.2) is 78.4 Å². The SMILES string of the molecule is CS(=O)(=O)N1CCC(OC2CCN(C(=O)c3ccn[nH]3)CC2)CC1. The summed E-state index contributed by atoms with van der Waals surface area (Å²) in [6.45, 7) is 2.40. The molecular weight excluding hydrogens is 332 g/mol. The summed E-state index contributed by atoms with van der Waals surface area (Å²) < 4.78 is 30.7. The number of piperidine rings is 2. The van der Waals surface area contributed by atoms with Gasteiger partial charge in [0.2, 0.25) is 10.0 Å². The highest BCUT2D eigenvalue weighted by atomic mass is 32.2. The highest BCUT2D eigenvalue weighted by molar-refractivity contribution is 7.88. The smallest absolute Gasteiger partial charge is 0.271 e. The number of carbonyl (C=O) groups excluding carboxylic acids is 1. The number of hydrogen-bond acceptors (Lipinski definition) is 5. The van der Waals surface area contributed by atoms with Crippen LogP contribution in [0.4, 0.5) is 0 Å². The molecule has 0 aliphatic carbocycles. The molecule has 24 heavy (non-hydrogen) atoms. The average molecular weight is 356 g/mol. The number of likely N-dealkylation sites (tertiary alicyclic amines) is 1. The molecule has 134 valence electrons. The van der Waals surface area contributed by atoms with Crippen LogP contribution in [0.25, 0.3) is 0 Å². The second kappa shape index (κ2) is 7.20. The van der Waals surface area contributed by atoms with Gasteiger partial charge in [0.25, 0.3) is 5.91 Å². The fourth-order valence-electron chi connectivity index (χ4n) is 3.31. The lowest BCUT2D eigenvalue weighted by Gasteiger charge is -2.36. The van der Waals surface area contributed by atoms with E-state index in [-0.39, 0.29) is 18.1 Å². The average Bonchev–Trinajstić information content (AvgIpc) is 3.09. The van der Waals surface area contributed by atoms with Crippen molar-refractivity contribution < 1.29 is 17.9 Å². The predicted molar refractivity (Wildman–Crippen MR) is 88.0 cm³/mol. The summed E-state index contributed by atoms with van der Waals surface area (Å²) in [6, 6.07) is 1.68. The van der Waals surface area contributed by atoms with Crippen LogP contribution in [0.3, 0.4) is 0 Å². The van der Waals surface area contributed by atoms with E-state index in [1.807, 2.05) is 4.90 Å². The van der Waals surface area contributed by atoms with Gasteiger partial charge >= 0.3 is 0 Å². The van der Waals surface area contributed by atoms with Crippen molar-refractivity contribution in [2.75, 3.05) is 32.4 Å². The highest BCUT2D eigenvalue weighted by Crippen LogP contribution is 2.22. The van der Waals surface area contributed by atoms with Crippen molar-refractivity contribution >= 4 is 15.9 Å². The van der Waals surface area contributed by atoms with E-state index in [1.165, 1.54) is 10.6 Å². The Labute approximate surface area is 142 Å². The molecule has 3 heterocycles. The third kappa shape index (κ3) is 4.14. The molecule has 0 unspecified atom stereocenters. The summed E-state index contributed by atoms with van der Waals surface area (Å²) in [5.41, 5.74) is 0.516. The molecule has 2 saturated heterocycles. The standard InChI is InChI=1S/C15H24N4O4S/c1-24(21,22)19-10-5-13(6-11-19)23-12-3-8-18(9-4-12)15(20)14-2-7-16-17-14/h2,7,12-13H,3-6,8-11H2,1H3,(H,16,17). The first-order chi connectivity index (χ1) is 11.4. The van der Waals surface area contributed by atoms with Gasteiger partial charge in [-0.05, 0) is 31.7 Å². The van der Waals surface area contributed by atoms with E-state index < -0.39 is 10.0 Å². The second-order valence-corrected chi connectivity index (χ2v) is 8.44. The Hall–Kier alpha value is -1.45. The molecule has 0 radical (unpaired) electrons. The van der Waals surface area contributed by atoms with Gasteiger partial charge in [0.1, 0.15) is 5.69 Å². The number of amides is 1. The zero-order chi connectivity index (χ0) is 17.2. The molecule has 3 rings (SSSR count). The van der Waals surface area contributed by atoms with E-state index in [9.17, 15) is 13.2 Å². The van der Waals surface area contributed by atoms with E-state index in [0.29, 0.717) is 31.9 Å². The first-order valence-corrected chi connectivity index (χ1v) is 10.2. The van der Waals surface area contributed by atoms with Crippen molar-refractivity contribution in [3.05, 3.63) is 18.0 Å². The Morgan fingerprint density at radius 3 is 2.25 bits per heavy atom. The van der Waals surface area contributed by atoms with Crippen LogP contribution in [0, 0.1) is 0 Å². The largest absolute Gasteiger partial charge is 0.375 e. The number of nitrogens with one attached hydrogen (secondary N) is 1. The monoisotopic (exact) mass is 356 g/mol. The number of sulfonamides is 1. The summed E-state index contributed by atoms with van der Waals surface area (Å²) in [5.74, 6) is -0.0209. The van der Waals surface area contributed by atoms with Crippen molar-refractivity contribution in [2.45, 2.75) is 37.9 Å². The number of carbonyl (C=O) groups is 1. The summed E-state index contributed by atoms with van der Waals surface area (Å²) >= 11 is 0. The molecule has 1 N–H and O–H groups in total. The van der Waals surface area contributed by atoms with Gasteiger partial charge in [-0.2, -0.15) is 5.10 Å². The lowest BCUT2D eigenvalue weighted by molar-refractivity contribution is -0.0558. The molecule has 0 atom stereocenters. The van der Waals surface area contributed by atoms with Crippen molar-refractivity contribution in [3.8, 4) is 0 Å². The van der Waals surface area contributed by atoms with Crippen LogP contribution in [-0.2, 0) is 14.8 Å². The third-order valence-corrected chi connectivity index (χ3v) is 6.02. The highest BCUT2D eigenvalue weighted by Gasteiger charge is 2.30. The summed E-state index contributed by atoms with van der Waals surface area (Å²) in [5, 5.41) is 6.51. The number of aromatic nitrogens is 2. The van der Waals surface area contributed by atoms with Crippen molar-refractivity contribution in [1.82, 2.24) is 19.4 Å². The minimum atomic E-state index is -3.10. The number of aromatic amines is 1. The molecule has 0 bridgehead atoms. The summed E-state index contributed by atoms with van der Waals surface area (Å²) in [6.07, 6.45) is 6.18. The number of hydrogen-bond donors (Lipinski definition) is 1. The molecule has 2 aliphatic heterocycles. The van der Waals surface area contributed by atoms with Crippen molar-refractivity contribution in [1.29, 1.82) is 0 Å². The van der Waals surface area contributed by atoms with Crippen LogP contribution in [0.15, 0.2) is 12.3 Å². The van der Waals surface area contributed by atoms with Crippen LogP contribution in [0.2, 0.25) is 0 Å². The lowest BCUT2D eigenvalue weighted by Crippen LogP contribution is -2.44. The van der Waals surface area contributed by atoms with E-state index in [0.717, 1.165) is 25.7 Å². The number of nitrogens with zero attached hydrogens (tertiary/aromatic N) is 3. The van der Waals surface area contributed by atoms with Crippen molar-refractivity contribution in [2.24, 2.45) is 0 Å². The first kappa shape index (κ1) is 17.4. The topological polar surface area (TPSA) is 95.6 Å². The molecule has 8 nitrogen and oxygen atoms in total. The maximum absolute atomic E-state index is 12.2. The van der Waals surface area contributed by atoms with Gasteiger partial charge in [0.05, 0.1) is 18.5 Å². The molecule has 0 aromatic carbocycles. The fourth-order valence-corrected chi connectivity index (χ4v) is 4.19. The Morgan fingerprint density at radius 1 is 1.17 bits per heavy atom. The Morgan fingerprint density at radius 2 is 1.75 bits per heavy atom. The minimum Gasteiger partial charge on any atom is -0.375 e. The lowest BCUT2D eigenvalue weighted by atomic mass is 10.1. The van der Waals surface area contributed by atoms with Crippen LogP contribution >= 0.6 is 0 Å². The van der Waals surface area contributed by atoms with E-state index in [1.54, 1.807) is 12.3 Å². The van der Waals surface area contributed by atoms with Gasteiger partial charge in [-0.3, -0.25) is 9.89 Å². The van der Waals surface area contributed by atoms with Crippen molar-refractivity contribution in [3.63, 3.8) is 0 Å². The van der Waals surface area contributed by atoms with E-state index in [2.05, 4.69) is 10.2 Å². The molecule has 0 saturated carbocycles. The van der Waals surface area contributed by atoms with Gasteiger partial charge in [-0.25, -0.2) is 12.7 Å². The van der Waals surface area contributed by atoms with Gasteiger partial charge in [-0.15, -0.1) is 0 Å². The van der Waals surface area contributed by atoms with E-state index >= 15 is 0 Å². The van der Waals surface area contributed by atoms with Gasteiger partial charge in [0.15, 0.2) is 0 Å².